The summed E-state index contributed by atoms with van der Waals surface area (Å²) >= 11 is 0. The topological polar surface area (TPSA) is 237 Å². The van der Waals surface area contributed by atoms with Gasteiger partial charge in [-0.05, 0) is 25.7 Å². The lowest BCUT2D eigenvalue weighted by Crippen LogP contribution is -2.30. The summed E-state index contributed by atoms with van der Waals surface area (Å²) in [7, 11) is -9.91. The molecule has 0 aliphatic rings. The Morgan fingerprint density at radius 1 is 0.238 bits per heavy atom. The van der Waals surface area contributed by atoms with E-state index in [1.54, 1.807) is 0 Å². The van der Waals surface area contributed by atoms with Crippen LogP contribution in [0.15, 0.2) is 0 Å². The predicted molar refractivity (Wildman–Crippen MR) is 414 cm³/mol. The van der Waals surface area contributed by atoms with Gasteiger partial charge in [-0.15, -0.1) is 0 Å². The molecule has 5 atom stereocenters. The van der Waals surface area contributed by atoms with Gasteiger partial charge in [0.2, 0.25) is 0 Å². The molecule has 2 unspecified atom stereocenters. The Morgan fingerprint density at radius 3 is 0.584 bits per heavy atom. The van der Waals surface area contributed by atoms with Gasteiger partial charge in [0, 0.05) is 25.7 Å². The number of esters is 4. The number of phosphoric acid groups is 2. The second-order valence-corrected chi connectivity index (χ2v) is 32.4. The highest BCUT2D eigenvalue weighted by Gasteiger charge is 2.30. The summed E-state index contributed by atoms with van der Waals surface area (Å²) in [6, 6.07) is 0. The first-order valence-electron chi connectivity index (χ1n) is 42.8. The second kappa shape index (κ2) is 76.3. The van der Waals surface area contributed by atoms with Crippen molar-refractivity contribution in [1.29, 1.82) is 0 Å². The lowest BCUT2D eigenvalue weighted by atomic mass is 10.0. The van der Waals surface area contributed by atoms with Crippen molar-refractivity contribution in [2.75, 3.05) is 39.6 Å². The predicted octanol–water partition coefficient (Wildman–Crippen LogP) is 25.0. The third-order valence-corrected chi connectivity index (χ3v) is 21.3. The van der Waals surface area contributed by atoms with E-state index in [1.807, 2.05) is 0 Å². The van der Waals surface area contributed by atoms with Crippen molar-refractivity contribution in [3.63, 3.8) is 0 Å². The Labute approximate surface area is 619 Å². The molecule has 0 aliphatic carbocycles. The van der Waals surface area contributed by atoms with Gasteiger partial charge >= 0.3 is 39.5 Å². The van der Waals surface area contributed by atoms with E-state index < -0.39 is 97.5 Å². The van der Waals surface area contributed by atoms with Crippen molar-refractivity contribution in [1.82, 2.24) is 0 Å². The van der Waals surface area contributed by atoms with Gasteiger partial charge in [0.1, 0.15) is 19.3 Å². The lowest BCUT2D eigenvalue weighted by molar-refractivity contribution is -0.161. The number of carbonyl (C=O) groups is 4. The number of unbranched alkanes of at least 4 members (excludes halogenated alkanes) is 57. The quantitative estimate of drug-likeness (QED) is 0.0222. The van der Waals surface area contributed by atoms with Gasteiger partial charge in [-0.2, -0.15) is 0 Å². The number of ether oxygens (including phenoxy) is 4. The van der Waals surface area contributed by atoms with E-state index in [1.165, 1.54) is 276 Å². The van der Waals surface area contributed by atoms with Crippen LogP contribution < -0.4 is 0 Å². The Hall–Kier alpha value is -1.94. The van der Waals surface area contributed by atoms with Crippen LogP contribution in [0.25, 0.3) is 0 Å². The zero-order chi connectivity index (χ0) is 73.9. The molecular formula is C82H160O17P2. The number of hydrogen-bond acceptors (Lipinski definition) is 15. The SMILES string of the molecule is CCCCCCCCCCCCCCCCCCCCCCCCC(=O)O[C@H](COC(=O)CCCCCCCCCCCCCCCCCCCCC)COP(=O)(O)OC[C@@H](O)COP(=O)(O)OC[C@@H](COC(=O)CCCCCCCCCCCC)OC(=O)CCCCCCCCCCCC. The molecule has 0 aromatic heterocycles. The average molecular weight is 1480 g/mol. The molecule has 101 heavy (non-hydrogen) atoms. The van der Waals surface area contributed by atoms with Crippen molar-refractivity contribution in [2.24, 2.45) is 0 Å². The monoisotopic (exact) mass is 1480 g/mol. The molecule has 0 fully saturated rings. The minimum atomic E-state index is -4.96. The summed E-state index contributed by atoms with van der Waals surface area (Å²) in [6.45, 7) is 5.00. The molecule has 0 saturated heterocycles. The van der Waals surface area contributed by atoms with Crippen LogP contribution in [0, 0.1) is 0 Å². The molecule has 0 aromatic rings. The molecule has 17 nitrogen and oxygen atoms in total. The Morgan fingerprint density at radius 2 is 0.396 bits per heavy atom. The first-order chi connectivity index (χ1) is 49.2. The summed E-state index contributed by atoms with van der Waals surface area (Å²) in [5.74, 6) is -2.11. The average Bonchev–Trinajstić information content (AvgIpc) is 0.950. The zero-order valence-electron chi connectivity index (χ0n) is 65.9. The molecule has 600 valence electrons. The van der Waals surface area contributed by atoms with E-state index in [0.29, 0.717) is 25.7 Å². The number of carbonyl (C=O) groups excluding carboxylic acids is 4. The third-order valence-electron chi connectivity index (χ3n) is 19.4. The Balaban J connectivity index is 5.17. The van der Waals surface area contributed by atoms with E-state index in [9.17, 15) is 43.2 Å². The summed E-state index contributed by atoms with van der Waals surface area (Å²) in [6.07, 6.45) is 69.6. The smallest absolute Gasteiger partial charge is 0.462 e. The van der Waals surface area contributed by atoms with Crippen molar-refractivity contribution < 1.29 is 80.2 Å². The maximum absolute atomic E-state index is 13.1. The van der Waals surface area contributed by atoms with Gasteiger partial charge in [0.25, 0.3) is 0 Å². The van der Waals surface area contributed by atoms with Crippen LogP contribution in [0.5, 0.6) is 0 Å². The molecule has 19 heteroatoms. The zero-order valence-corrected chi connectivity index (χ0v) is 67.7. The van der Waals surface area contributed by atoms with Crippen molar-refractivity contribution >= 4 is 39.5 Å². The molecular weight excluding hydrogens is 1320 g/mol. The fraction of sp³-hybridized carbons (Fsp3) is 0.951. The van der Waals surface area contributed by atoms with Crippen LogP contribution in [-0.4, -0.2) is 96.7 Å². The standard InChI is InChI=1S/C82H160O17P2/c1-5-9-13-17-21-25-29-31-33-35-37-38-39-41-43-45-47-49-53-57-61-65-69-82(87)99-78(73-93-80(85)67-63-59-55-52-48-46-44-42-40-36-34-32-30-26-22-18-14-10-6-2)75-97-101(90,91)95-71-76(83)70-94-100(88,89)96-74-77(98-81(86)68-64-60-56-51-28-24-20-16-12-8-4)72-92-79(84)66-62-58-54-50-27-23-19-15-11-7-3/h76-78,83H,5-75H2,1-4H3,(H,88,89)(H,90,91)/t76-,77+,78+/m0/s1. The summed E-state index contributed by atoms with van der Waals surface area (Å²) in [4.78, 5) is 72.9. The van der Waals surface area contributed by atoms with Gasteiger partial charge in [0.05, 0.1) is 26.4 Å². The summed E-state index contributed by atoms with van der Waals surface area (Å²) in [5, 5.41) is 10.6. The molecule has 0 spiro atoms. The van der Waals surface area contributed by atoms with Gasteiger partial charge in [-0.3, -0.25) is 37.3 Å². The molecule has 0 amide bonds. The number of hydrogen-bond donors (Lipinski definition) is 3. The fourth-order valence-electron chi connectivity index (χ4n) is 12.8. The highest BCUT2D eigenvalue weighted by Crippen LogP contribution is 2.45. The maximum Gasteiger partial charge on any atom is 0.472 e. The lowest BCUT2D eigenvalue weighted by Gasteiger charge is -2.21. The van der Waals surface area contributed by atoms with Gasteiger partial charge in [-0.25, -0.2) is 9.13 Å². The summed E-state index contributed by atoms with van der Waals surface area (Å²) in [5.41, 5.74) is 0. The first-order valence-corrected chi connectivity index (χ1v) is 45.8. The van der Waals surface area contributed by atoms with Gasteiger partial charge in [-0.1, -0.05) is 394 Å². The molecule has 0 saturated carbocycles. The van der Waals surface area contributed by atoms with Crippen LogP contribution in [0.1, 0.15) is 445 Å². The van der Waals surface area contributed by atoms with Crippen LogP contribution in [0.3, 0.4) is 0 Å². The number of aliphatic hydroxyl groups excluding tert-OH is 1. The van der Waals surface area contributed by atoms with E-state index in [4.69, 9.17) is 37.0 Å². The van der Waals surface area contributed by atoms with Crippen LogP contribution in [-0.2, 0) is 65.4 Å². The second-order valence-electron chi connectivity index (χ2n) is 29.5. The van der Waals surface area contributed by atoms with E-state index in [-0.39, 0.29) is 25.7 Å². The maximum atomic E-state index is 13.1. The van der Waals surface area contributed by atoms with E-state index in [2.05, 4.69) is 27.7 Å². The Kier molecular flexibility index (Phi) is 74.8. The molecule has 0 radical (unpaired) electrons. The highest BCUT2D eigenvalue weighted by molar-refractivity contribution is 7.47. The number of rotatable bonds is 83. The highest BCUT2D eigenvalue weighted by atomic mass is 31.2. The first kappa shape index (κ1) is 99.1. The van der Waals surface area contributed by atoms with Crippen LogP contribution in [0.2, 0.25) is 0 Å². The molecule has 0 bridgehead atoms. The molecule has 0 aliphatic heterocycles. The Bertz CT molecular complexity index is 1910. The largest absolute Gasteiger partial charge is 0.472 e. The van der Waals surface area contributed by atoms with Crippen LogP contribution >= 0.6 is 15.6 Å². The van der Waals surface area contributed by atoms with Crippen molar-refractivity contribution in [3.05, 3.63) is 0 Å². The van der Waals surface area contributed by atoms with Crippen molar-refractivity contribution in [2.45, 2.75) is 463 Å². The molecule has 0 rings (SSSR count). The minimum Gasteiger partial charge on any atom is -0.462 e. The molecule has 3 N–H and O–H groups in total. The molecule has 0 heterocycles. The third kappa shape index (κ3) is 76.1. The van der Waals surface area contributed by atoms with Gasteiger partial charge < -0.3 is 33.8 Å². The number of aliphatic hydroxyl groups is 1. The molecule has 0 aromatic carbocycles. The van der Waals surface area contributed by atoms with Crippen LogP contribution in [0.4, 0.5) is 0 Å². The van der Waals surface area contributed by atoms with E-state index in [0.717, 1.165) is 89.9 Å². The van der Waals surface area contributed by atoms with E-state index >= 15 is 0 Å². The minimum absolute atomic E-state index is 0.107. The normalized spacial score (nSPS) is 13.8. The van der Waals surface area contributed by atoms with Crippen molar-refractivity contribution in [3.8, 4) is 0 Å². The van der Waals surface area contributed by atoms with Gasteiger partial charge in [0.15, 0.2) is 12.2 Å². The number of phosphoric ester groups is 2. The fourth-order valence-corrected chi connectivity index (χ4v) is 14.4. The summed E-state index contributed by atoms with van der Waals surface area (Å²) < 4.78 is 68.6.